The molecule has 3 rings (SSSR count). The fraction of sp³-hybridized carbons (Fsp3) is 0.167. The van der Waals surface area contributed by atoms with Gasteiger partial charge in [0.05, 0.1) is 11.4 Å². The molecular weight excluding hydrogens is 463 g/mol. The van der Waals surface area contributed by atoms with E-state index in [2.05, 4.69) is 26.6 Å². The van der Waals surface area contributed by atoms with Crippen LogP contribution < -0.4 is 10.6 Å². The molecule has 0 aromatic heterocycles. The zero-order valence-corrected chi connectivity index (χ0v) is 18.9. The van der Waals surface area contributed by atoms with Crippen molar-refractivity contribution >= 4 is 39.3 Å². The Labute approximate surface area is 188 Å². The summed E-state index contributed by atoms with van der Waals surface area (Å²) in [5.41, 5.74) is 2.08. The summed E-state index contributed by atoms with van der Waals surface area (Å²) in [7, 11) is 0. The first-order chi connectivity index (χ1) is 14.6. The molecule has 0 unspecified atom stereocenters. The maximum atomic E-state index is 13.3. The summed E-state index contributed by atoms with van der Waals surface area (Å²) in [6.45, 7) is 5.29. The Kier molecular flexibility index (Phi) is 6.75. The third-order valence-electron chi connectivity index (χ3n) is 4.19. The normalized spacial score (nSPS) is 11.0. The Morgan fingerprint density at radius 3 is 2.06 bits per heavy atom. The molecular formula is C24H22BrFN2O3. The molecule has 31 heavy (non-hydrogen) atoms. The predicted molar refractivity (Wildman–Crippen MR) is 124 cm³/mol. The molecule has 0 saturated carbocycles. The van der Waals surface area contributed by atoms with Gasteiger partial charge in [-0.2, -0.15) is 0 Å². The van der Waals surface area contributed by atoms with E-state index in [-0.39, 0.29) is 11.7 Å². The Morgan fingerprint density at radius 1 is 0.839 bits per heavy atom. The average Bonchev–Trinajstić information content (AvgIpc) is 2.69. The maximum absolute atomic E-state index is 13.3. The molecule has 2 N–H and O–H groups in total. The van der Waals surface area contributed by atoms with Gasteiger partial charge in [-0.3, -0.25) is 10.1 Å². The highest BCUT2D eigenvalue weighted by molar-refractivity contribution is 9.10. The van der Waals surface area contributed by atoms with Crippen molar-refractivity contribution in [3.63, 3.8) is 0 Å². The lowest BCUT2D eigenvalue weighted by atomic mass is 10.0. The number of benzene rings is 3. The van der Waals surface area contributed by atoms with Crippen LogP contribution in [0.1, 0.15) is 31.1 Å². The molecule has 160 valence electrons. The predicted octanol–water partition coefficient (Wildman–Crippen LogP) is 6.85. The van der Waals surface area contributed by atoms with Gasteiger partial charge in [0.15, 0.2) is 0 Å². The van der Waals surface area contributed by atoms with Gasteiger partial charge in [-0.25, -0.2) is 9.18 Å². The molecule has 3 aromatic rings. The smallest absolute Gasteiger partial charge is 0.412 e. The molecule has 0 saturated heterocycles. The van der Waals surface area contributed by atoms with Crippen LogP contribution in [0.4, 0.5) is 20.6 Å². The summed E-state index contributed by atoms with van der Waals surface area (Å²) in [5, 5.41) is 5.51. The van der Waals surface area contributed by atoms with Gasteiger partial charge in [-0.15, -0.1) is 0 Å². The molecule has 0 aliphatic rings. The number of nitrogens with one attached hydrogen (secondary N) is 2. The standard InChI is InChI=1S/C24H22BrFN2O3/c1-24(2,3)31-23(30)28-20-13-8-17(15-6-11-19(26)12-7-15)14-21(20)27-22(29)16-4-9-18(25)10-5-16/h4-14H,1-3H3,(H,27,29)(H,28,30). The lowest BCUT2D eigenvalue weighted by Gasteiger charge is -2.21. The summed E-state index contributed by atoms with van der Waals surface area (Å²) in [4.78, 5) is 25.0. The van der Waals surface area contributed by atoms with E-state index in [1.165, 1.54) is 12.1 Å². The van der Waals surface area contributed by atoms with E-state index in [1.807, 2.05) is 0 Å². The minimum Gasteiger partial charge on any atom is -0.444 e. The molecule has 0 aliphatic carbocycles. The molecule has 0 spiro atoms. The second-order valence-electron chi connectivity index (χ2n) is 7.86. The van der Waals surface area contributed by atoms with E-state index in [0.29, 0.717) is 16.9 Å². The van der Waals surface area contributed by atoms with Crippen LogP contribution in [-0.2, 0) is 4.74 Å². The molecule has 0 bridgehead atoms. The number of halogens is 2. The first kappa shape index (κ1) is 22.5. The third-order valence-corrected chi connectivity index (χ3v) is 4.72. The van der Waals surface area contributed by atoms with Crippen molar-refractivity contribution in [3.05, 3.63) is 82.6 Å². The monoisotopic (exact) mass is 484 g/mol. The fourth-order valence-electron chi connectivity index (χ4n) is 2.79. The number of ether oxygens (including phenoxy) is 1. The topological polar surface area (TPSA) is 67.4 Å². The van der Waals surface area contributed by atoms with Crippen molar-refractivity contribution in [1.29, 1.82) is 0 Å². The SMILES string of the molecule is CC(C)(C)OC(=O)Nc1ccc(-c2ccc(F)cc2)cc1NC(=O)c1ccc(Br)cc1. The first-order valence-corrected chi connectivity index (χ1v) is 10.4. The molecule has 5 nitrogen and oxygen atoms in total. The van der Waals surface area contributed by atoms with Gasteiger partial charge in [-0.1, -0.05) is 34.1 Å². The second-order valence-corrected chi connectivity index (χ2v) is 8.77. The number of rotatable bonds is 4. The summed E-state index contributed by atoms with van der Waals surface area (Å²) in [6, 6.07) is 18.1. The third kappa shape index (κ3) is 6.39. The van der Waals surface area contributed by atoms with E-state index in [4.69, 9.17) is 4.74 Å². The largest absolute Gasteiger partial charge is 0.444 e. The number of hydrogen-bond donors (Lipinski definition) is 2. The lowest BCUT2D eigenvalue weighted by molar-refractivity contribution is 0.0635. The van der Waals surface area contributed by atoms with Crippen molar-refractivity contribution in [2.75, 3.05) is 10.6 Å². The van der Waals surface area contributed by atoms with Gasteiger partial charge in [0.2, 0.25) is 0 Å². The van der Waals surface area contributed by atoms with E-state index >= 15 is 0 Å². The van der Waals surface area contributed by atoms with Crippen LogP contribution in [0.15, 0.2) is 71.2 Å². The Balaban J connectivity index is 1.93. The van der Waals surface area contributed by atoms with E-state index in [1.54, 1.807) is 75.4 Å². The van der Waals surface area contributed by atoms with Crippen molar-refractivity contribution in [1.82, 2.24) is 0 Å². The summed E-state index contributed by atoms with van der Waals surface area (Å²) in [5.74, 6) is -0.674. The quantitative estimate of drug-likeness (QED) is 0.425. The Morgan fingerprint density at radius 2 is 1.45 bits per heavy atom. The van der Waals surface area contributed by atoms with Gasteiger partial charge in [0, 0.05) is 10.0 Å². The van der Waals surface area contributed by atoms with Crippen LogP contribution in [0.3, 0.4) is 0 Å². The molecule has 0 atom stereocenters. The van der Waals surface area contributed by atoms with E-state index < -0.39 is 11.7 Å². The lowest BCUT2D eigenvalue weighted by Crippen LogP contribution is -2.27. The minimum atomic E-state index is -0.668. The van der Waals surface area contributed by atoms with Gasteiger partial charge >= 0.3 is 6.09 Å². The summed E-state index contributed by atoms with van der Waals surface area (Å²) in [6.07, 6.45) is -0.638. The van der Waals surface area contributed by atoms with Crippen LogP contribution in [0.2, 0.25) is 0 Å². The number of amides is 2. The zero-order chi connectivity index (χ0) is 22.6. The highest BCUT2D eigenvalue weighted by Gasteiger charge is 2.18. The number of carbonyl (C=O) groups excluding carboxylic acids is 2. The van der Waals surface area contributed by atoms with Gasteiger partial charge in [0.25, 0.3) is 5.91 Å². The molecule has 2 amide bonds. The fourth-order valence-corrected chi connectivity index (χ4v) is 3.05. The average molecular weight is 485 g/mol. The molecule has 0 aliphatic heterocycles. The Hall–Kier alpha value is -3.19. The molecule has 0 heterocycles. The molecule has 3 aromatic carbocycles. The summed E-state index contributed by atoms with van der Waals surface area (Å²) >= 11 is 3.34. The molecule has 0 radical (unpaired) electrons. The van der Waals surface area contributed by atoms with Gasteiger partial charge in [-0.05, 0) is 80.4 Å². The van der Waals surface area contributed by atoms with Crippen LogP contribution in [-0.4, -0.2) is 17.6 Å². The number of hydrogen-bond acceptors (Lipinski definition) is 3. The number of anilines is 2. The Bertz CT molecular complexity index is 1090. The van der Waals surface area contributed by atoms with Crippen LogP contribution in [0.5, 0.6) is 0 Å². The van der Waals surface area contributed by atoms with Crippen molar-refractivity contribution < 1.29 is 18.7 Å². The van der Waals surface area contributed by atoms with Crippen molar-refractivity contribution in [2.24, 2.45) is 0 Å². The molecule has 7 heteroatoms. The van der Waals surface area contributed by atoms with Gasteiger partial charge < -0.3 is 10.1 Å². The highest BCUT2D eigenvalue weighted by atomic mass is 79.9. The van der Waals surface area contributed by atoms with E-state index in [0.717, 1.165) is 15.6 Å². The summed E-state index contributed by atoms with van der Waals surface area (Å²) < 4.78 is 19.5. The number of carbonyl (C=O) groups is 2. The highest BCUT2D eigenvalue weighted by Crippen LogP contribution is 2.30. The van der Waals surface area contributed by atoms with Crippen molar-refractivity contribution in [2.45, 2.75) is 26.4 Å². The van der Waals surface area contributed by atoms with Crippen LogP contribution in [0.25, 0.3) is 11.1 Å². The first-order valence-electron chi connectivity index (χ1n) is 9.58. The minimum absolute atomic E-state index is 0.337. The van der Waals surface area contributed by atoms with E-state index in [9.17, 15) is 14.0 Å². The zero-order valence-electron chi connectivity index (χ0n) is 17.3. The van der Waals surface area contributed by atoms with Crippen LogP contribution >= 0.6 is 15.9 Å². The van der Waals surface area contributed by atoms with Crippen LogP contribution in [0, 0.1) is 5.82 Å². The molecule has 0 fully saturated rings. The van der Waals surface area contributed by atoms with Crippen molar-refractivity contribution in [3.8, 4) is 11.1 Å². The second kappa shape index (κ2) is 9.31. The maximum Gasteiger partial charge on any atom is 0.412 e. The van der Waals surface area contributed by atoms with Gasteiger partial charge in [0.1, 0.15) is 11.4 Å².